The molecular formula is C25H33F3N4O5. The highest BCUT2D eigenvalue weighted by molar-refractivity contribution is 5.75. The molecule has 12 heteroatoms. The molecule has 0 bridgehead atoms. The Morgan fingerprint density at radius 2 is 2.05 bits per heavy atom. The molecule has 3 N–H and O–H groups in total. The summed E-state index contributed by atoms with van der Waals surface area (Å²) in [6.45, 7) is 5.28. The second-order valence-corrected chi connectivity index (χ2v) is 8.96. The summed E-state index contributed by atoms with van der Waals surface area (Å²) >= 11 is 0. The Bertz CT molecular complexity index is 1100. The number of aliphatic hydroxyl groups excluding tert-OH is 1. The molecule has 9 nitrogen and oxygen atoms in total. The molecule has 37 heavy (non-hydrogen) atoms. The number of carbonyl (C=O) groups is 1. The number of hydrogen-bond acceptors (Lipinski definition) is 9. The van der Waals surface area contributed by atoms with Crippen molar-refractivity contribution < 1.29 is 37.7 Å². The van der Waals surface area contributed by atoms with Crippen molar-refractivity contribution >= 4 is 11.8 Å². The van der Waals surface area contributed by atoms with Crippen molar-refractivity contribution in [1.82, 2.24) is 15.1 Å². The maximum atomic E-state index is 13.3. The predicted octanol–water partition coefficient (Wildman–Crippen LogP) is 3.64. The quantitative estimate of drug-likeness (QED) is 0.399. The van der Waals surface area contributed by atoms with Gasteiger partial charge in [0.2, 0.25) is 0 Å². The highest BCUT2D eigenvalue weighted by atomic mass is 19.4. The maximum Gasteiger partial charge on any atom is 0.416 e. The van der Waals surface area contributed by atoms with Gasteiger partial charge in [-0.3, -0.25) is 4.79 Å². The third-order valence-electron chi connectivity index (χ3n) is 6.35. The molecule has 2 heterocycles. The summed E-state index contributed by atoms with van der Waals surface area (Å²) in [6.07, 6.45) is -2.59. The Morgan fingerprint density at radius 1 is 1.30 bits per heavy atom. The van der Waals surface area contributed by atoms with Crippen molar-refractivity contribution in [3.8, 4) is 17.0 Å². The maximum absolute atomic E-state index is 13.3. The van der Waals surface area contributed by atoms with Crippen LogP contribution in [0.25, 0.3) is 11.3 Å². The lowest BCUT2D eigenvalue weighted by atomic mass is 9.95. The van der Waals surface area contributed by atoms with E-state index in [1.165, 1.54) is 7.11 Å². The highest BCUT2D eigenvalue weighted by Crippen LogP contribution is 2.41. The molecule has 1 aliphatic heterocycles. The van der Waals surface area contributed by atoms with Crippen LogP contribution < -0.4 is 5.32 Å². The summed E-state index contributed by atoms with van der Waals surface area (Å²) in [6, 6.07) is 1.55. The number of anilines is 1. The Labute approximate surface area is 213 Å². The number of hydrogen-bond donors (Lipinski definition) is 3. The van der Waals surface area contributed by atoms with E-state index < -0.39 is 24.1 Å². The number of aliphatic hydroxyl groups is 1. The molecule has 1 aromatic heterocycles. The number of aromatic nitrogens is 2. The Kier molecular flexibility index (Phi) is 9.68. The number of phenols is 1. The van der Waals surface area contributed by atoms with Crippen molar-refractivity contribution in [2.24, 2.45) is 0 Å². The van der Waals surface area contributed by atoms with Gasteiger partial charge in [0.1, 0.15) is 11.4 Å². The minimum atomic E-state index is -4.65. The molecule has 1 aliphatic rings. The molecule has 0 radical (unpaired) electrons. The fraction of sp³-hybridized carbons (Fsp3) is 0.560. The lowest BCUT2D eigenvalue weighted by Crippen LogP contribution is -2.43. The van der Waals surface area contributed by atoms with Gasteiger partial charge in [-0.1, -0.05) is 0 Å². The predicted molar refractivity (Wildman–Crippen MR) is 130 cm³/mol. The SMILES string of the molecule is CCOC(=O)CCN1CCC[C@@H](Nc2nnc(-c3c(O)cc(C(F)(F)F)cc3COC)c(C)c2CO)C1. The molecule has 1 atom stereocenters. The number of carbonyl (C=O) groups excluding carboxylic acids is 1. The number of piperidine rings is 1. The van der Waals surface area contributed by atoms with Gasteiger partial charge in [-0.15, -0.1) is 10.2 Å². The molecule has 1 fully saturated rings. The average molecular weight is 527 g/mol. The van der Waals surface area contributed by atoms with Crippen LogP contribution in [0, 0.1) is 6.92 Å². The van der Waals surface area contributed by atoms with Crippen molar-refractivity contribution in [3.05, 3.63) is 34.4 Å². The van der Waals surface area contributed by atoms with Gasteiger partial charge in [0.15, 0.2) is 5.82 Å². The van der Waals surface area contributed by atoms with Crippen molar-refractivity contribution in [3.63, 3.8) is 0 Å². The van der Waals surface area contributed by atoms with E-state index >= 15 is 0 Å². The lowest BCUT2D eigenvalue weighted by Gasteiger charge is -2.33. The Morgan fingerprint density at radius 3 is 2.70 bits per heavy atom. The summed E-state index contributed by atoms with van der Waals surface area (Å²) in [7, 11) is 1.34. The van der Waals surface area contributed by atoms with E-state index in [2.05, 4.69) is 20.4 Å². The third kappa shape index (κ3) is 7.08. The smallest absolute Gasteiger partial charge is 0.416 e. The van der Waals surface area contributed by atoms with Crippen LogP contribution in [0.2, 0.25) is 0 Å². The number of phenolic OH excluding ortho intramolecular Hbond substituents is 1. The molecule has 2 aromatic rings. The van der Waals surface area contributed by atoms with Gasteiger partial charge in [0.05, 0.1) is 31.8 Å². The van der Waals surface area contributed by atoms with Gasteiger partial charge < -0.3 is 29.9 Å². The van der Waals surface area contributed by atoms with Crippen LogP contribution in [-0.4, -0.2) is 70.7 Å². The number of rotatable bonds is 10. The highest BCUT2D eigenvalue weighted by Gasteiger charge is 2.33. The molecule has 3 rings (SSSR count). The first-order valence-corrected chi connectivity index (χ1v) is 12.1. The number of nitrogens with zero attached hydrogens (tertiary/aromatic N) is 3. The number of ether oxygens (including phenoxy) is 2. The van der Waals surface area contributed by atoms with Gasteiger partial charge in [-0.2, -0.15) is 13.2 Å². The molecular weight excluding hydrogens is 493 g/mol. The number of esters is 1. The van der Waals surface area contributed by atoms with Gasteiger partial charge in [-0.05, 0) is 56.5 Å². The lowest BCUT2D eigenvalue weighted by molar-refractivity contribution is -0.143. The number of methoxy groups -OCH3 is 1. The van der Waals surface area contributed by atoms with E-state index in [-0.39, 0.29) is 35.4 Å². The number of nitrogens with one attached hydrogen (secondary N) is 1. The molecule has 0 amide bonds. The fourth-order valence-electron chi connectivity index (χ4n) is 4.55. The molecule has 1 aromatic carbocycles. The second-order valence-electron chi connectivity index (χ2n) is 8.96. The summed E-state index contributed by atoms with van der Waals surface area (Å²) in [5, 5.41) is 32.5. The monoisotopic (exact) mass is 526 g/mol. The van der Waals surface area contributed by atoms with Gasteiger partial charge in [0.25, 0.3) is 0 Å². The summed E-state index contributed by atoms with van der Waals surface area (Å²) in [5.74, 6) is -0.481. The molecule has 0 unspecified atom stereocenters. The van der Waals surface area contributed by atoms with Crippen LogP contribution in [0.5, 0.6) is 5.75 Å². The zero-order valence-electron chi connectivity index (χ0n) is 21.2. The topological polar surface area (TPSA) is 117 Å². The van der Waals surface area contributed by atoms with Crippen LogP contribution in [-0.2, 0) is 33.7 Å². The zero-order valence-corrected chi connectivity index (χ0v) is 21.2. The van der Waals surface area contributed by atoms with Gasteiger partial charge >= 0.3 is 12.1 Å². The first-order valence-electron chi connectivity index (χ1n) is 12.1. The second kappa shape index (κ2) is 12.5. The molecule has 0 saturated carbocycles. The Balaban J connectivity index is 1.86. The van der Waals surface area contributed by atoms with Gasteiger partial charge in [-0.25, -0.2) is 0 Å². The minimum Gasteiger partial charge on any atom is -0.507 e. The minimum absolute atomic E-state index is 0.00989. The van der Waals surface area contributed by atoms with E-state index in [0.717, 1.165) is 25.5 Å². The molecule has 0 spiro atoms. The number of aromatic hydroxyl groups is 1. The standard InChI is InChI=1S/C25H33F3N4O5/c1-4-37-21(35)7-9-32-8-5-6-18(12-32)29-24-19(13-33)15(2)23(30-31-24)22-16(14-36-3)10-17(11-20(22)34)25(26,27)28/h10-11,18,33-34H,4-9,12-14H2,1-3H3,(H,29,31)/t18-/m1/s1. The van der Waals surface area contributed by atoms with E-state index in [9.17, 15) is 28.2 Å². The summed E-state index contributed by atoms with van der Waals surface area (Å²) in [4.78, 5) is 13.8. The normalized spacial score (nSPS) is 16.6. The van der Waals surface area contributed by atoms with Crippen LogP contribution in [0.15, 0.2) is 12.1 Å². The largest absolute Gasteiger partial charge is 0.507 e. The van der Waals surface area contributed by atoms with E-state index in [1.807, 2.05) is 0 Å². The fourth-order valence-corrected chi connectivity index (χ4v) is 4.55. The zero-order chi connectivity index (χ0) is 27.2. The van der Waals surface area contributed by atoms with Crippen LogP contribution in [0.3, 0.4) is 0 Å². The summed E-state index contributed by atoms with van der Waals surface area (Å²) in [5.41, 5.74) is 0.230. The number of benzene rings is 1. The first kappa shape index (κ1) is 28.6. The molecule has 204 valence electrons. The van der Waals surface area contributed by atoms with Crippen LogP contribution >= 0.6 is 0 Å². The van der Waals surface area contributed by atoms with E-state index in [4.69, 9.17) is 9.47 Å². The Hall–Kier alpha value is -2.96. The molecule has 1 saturated heterocycles. The van der Waals surface area contributed by atoms with E-state index in [0.29, 0.717) is 49.1 Å². The number of alkyl halides is 3. The average Bonchev–Trinajstić information content (AvgIpc) is 2.84. The number of halogens is 3. The van der Waals surface area contributed by atoms with Gasteiger partial charge in [0, 0.05) is 37.4 Å². The van der Waals surface area contributed by atoms with Crippen molar-refractivity contribution in [1.29, 1.82) is 0 Å². The summed E-state index contributed by atoms with van der Waals surface area (Å²) < 4.78 is 50.0. The molecule has 0 aliphatic carbocycles. The van der Waals surface area contributed by atoms with Crippen molar-refractivity contribution in [2.75, 3.05) is 38.7 Å². The van der Waals surface area contributed by atoms with Crippen molar-refractivity contribution in [2.45, 2.75) is 58.5 Å². The first-order chi connectivity index (χ1) is 17.6. The number of likely N-dealkylation sites (tertiary alicyclic amines) is 1. The van der Waals surface area contributed by atoms with E-state index in [1.54, 1.807) is 13.8 Å². The third-order valence-corrected chi connectivity index (χ3v) is 6.35. The van der Waals surface area contributed by atoms with Crippen LogP contribution in [0.1, 0.15) is 48.4 Å². The van der Waals surface area contributed by atoms with Crippen LogP contribution in [0.4, 0.5) is 19.0 Å².